The van der Waals surface area contributed by atoms with Crippen LogP contribution >= 0.6 is 0 Å². The van der Waals surface area contributed by atoms with Crippen molar-refractivity contribution in [3.8, 4) is 0 Å². The van der Waals surface area contributed by atoms with E-state index in [0.717, 1.165) is 6.42 Å². The Labute approximate surface area is 111 Å². The third-order valence-electron chi connectivity index (χ3n) is 3.15. The molecule has 1 amide bonds. The van der Waals surface area contributed by atoms with E-state index in [1.807, 2.05) is 13.8 Å². The van der Waals surface area contributed by atoms with Crippen molar-refractivity contribution in [3.05, 3.63) is 18.2 Å². The fourth-order valence-electron chi connectivity index (χ4n) is 1.60. The molecule has 19 heavy (non-hydrogen) atoms. The first-order valence-electron chi connectivity index (χ1n) is 6.21. The minimum Gasteiger partial charge on any atom is -0.480 e. The van der Waals surface area contributed by atoms with Gasteiger partial charge in [0.2, 0.25) is 5.91 Å². The summed E-state index contributed by atoms with van der Waals surface area (Å²) < 4.78 is 0. The van der Waals surface area contributed by atoms with Crippen molar-refractivity contribution in [2.24, 2.45) is 11.7 Å². The number of aliphatic carboxylic acids is 1. The molecule has 0 aliphatic rings. The number of nitrogens with one attached hydrogen (secondary N) is 2. The smallest absolute Gasteiger partial charge is 0.326 e. The van der Waals surface area contributed by atoms with Crippen LogP contribution in [0.2, 0.25) is 0 Å². The van der Waals surface area contributed by atoms with Crippen LogP contribution in [-0.2, 0) is 16.0 Å². The molecule has 106 valence electrons. The minimum atomic E-state index is -1.10. The van der Waals surface area contributed by atoms with Crippen molar-refractivity contribution < 1.29 is 14.7 Å². The first kappa shape index (κ1) is 15.2. The van der Waals surface area contributed by atoms with E-state index < -0.39 is 24.0 Å². The van der Waals surface area contributed by atoms with Crippen molar-refractivity contribution in [2.75, 3.05) is 0 Å². The summed E-state index contributed by atoms with van der Waals surface area (Å²) in [5.41, 5.74) is 6.41. The second kappa shape index (κ2) is 6.89. The predicted octanol–water partition coefficient (Wildman–Crippen LogP) is -0.105. The van der Waals surface area contributed by atoms with E-state index in [1.165, 1.54) is 12.5 Å². The number of nitrogens with two attached hydrogens (primary N) is 1. The Bertz CT molecular complexity index is 419. The van der Waals surface area contributed by atoms with Crippen LogP contribution < -0.4 is 11.1 Å². The Morgan fingerprint density at radius 2 is 2.26 bits per heavy atom. The molecule has 5 N–H and O–H groups in total. The van der Waals surface area contributed by atoms with Gasteiger partial charge < -0.3 is 21.1 Å². The lowest BCUT2D eigenvalue weighted by Gasteiger charge is -2.20. The highest BCUT2D eigenvalue weighted by Gasteiger charge is 2.26. The first-order valence-corrected chi connectivity index (χ1v) is 6.21. The normalized spacial score (nSPS) is 15.5. The zero-order valence-corrected chi connectivity index (χ0v) is 11.1. The molecule has 3 unspecified atom stereocenters. The summed E-state index contributed by atoms with van der Waals surface area (Å²) in [4.78, 5) is 29.6. The zero-order valence-electron chi connectivity index (χ0n) is 11.1. The van der Waals surface area contributed by atoms with Gasteiger partial charge in [-0.3, -0.25) is 4.79 Å². The number of carboxylic acids is 1. The molecule has 0 saturated heterocycles. The molecular formula is C12H20N4O3. The Morgan fingerprint density at radius 3 is 2.74 bits per heavy atom. The largest absolute Gasteiger partial charge is 0.480 e. The fraction of sp³-hybridized carbons (Fsp3) is 0.583. The molecule has 0 aromatic carbocycles. The molecule has 3 atom stereocenters. The lowest BCUT2D eigenvalue weighted by atomic mass is 9.99. The quantitative estimate of drug-likeness (QED) is 0.550. The van der Waals surface area contributed by atoms with E-state index in [4.69, 9.17) is 10.8 Å². The fourth-order valence-corrected chi connectivity index (χ4v) is 1.60. The number of nitrogens with zero attached hydrogens (tertiary/aromatic N) is 1. The Balaban J connectivity index is 2.63. The van der Waals surface area contributed by atoms with E-state index in [2.05, 4.69) is 15.3 Å². The van der Waals surface area contributed by atoms with Gasteiger partial charge in [0.05, 0.1) is 12.4 Å². The van der Waals surface area contributed by atoms with Gasteiger partial charge in [-0.2, -0.15) is 0 Å². The molecule has 0 saturated carbocycles. The van der Waals surface area contributed by atoms with Crippen molar-refractivity contribution in [1.29, 1.82) is 0 Å². The van der Waals surface area contributed by atoms with Crippen molar-refractivity contribution in [2.45, 2.75) is 38.8 Å². The third kappa shape index (κ3) is 4.36. The summed E-state index contributed by atoms with van der Waals surface area (Å²) >= 11 is 0. The maximum absolute atomic E-state index is 11.9. The minimum absolute atomic E-state index is 0.00148. The highest BCUT2D eigenvalue weighted by molar-refractivity contribution is 5.87. The van der Waals surface area contributed by atoms with Gasteiger partial charge in [0, 0.05) is 18.3 Å². The van der Waals surface area contributed by atoms with Crippen LogP contribution in [0.3, 0.4) is 0 Å². The predicted molar refractivity (Wildman–Crippen MR) is 69.3 cm³/mol. The number of carboxylic acid groups (broad SMARTS) is 1. The molecule has 7 heteroatoms. The number of imidazole rings is 1. The second-order valence-electron chi connectivity index (χ2n) is 4.59. The molecule has 0 bridgehead atoms. The van der Waals surface area contributed by atoms with Gasteiger partial charge in [-0.15, -0.1) is 0 Å². The summed E-state index contributed by atoms with van der Waals surface area (Å²) in [5, 5.41) is 11.6. The summed E-state index contributed by atoms with van der Waals surface area (Å²) in [6.07, 6.45) is 3.89. The van der Waals surface area contributed by atoms with Crippen LogP contribution in [-0.4, -0.2) is 39.0 Å². The van der Waals surface area contributed by atoms with E-state index in [9.17, 15) is 9.59 Å². The number of rotatable bonds is 7. The van der Waals surface area contributed by atoms with Crippen LogP contribution in [0.4, 0.5) is 0 Å². The number of carbonyl (C=O) groups is 2. The highest BCUT2D eigenvalue weighted by Crippen LogP contribution is 2.06. The second-order valence-corrected chi connectivity index (χ2v) is 4.59. The van der Waals surface area contributed by atoms with Gasteiger partial charge in [-0.1, -0.05) is 20.3 Å². The summed E-state index contributed by atoms with van der Waals surface area (Å²) in [6.45, 7) is 3.78. The van der Waals surface area contributed by atoms with Gasteiger partial charge in [-0.05, 0) is 5.92 Å². The maximum Gasteiger partial charge on any atom is 0.326 e. The average Bonchev–Trinajstić information content (AvgIpc) is 2.88. The number of carbonyl (C=O) groups excluding carboxylic acids is 1. The maximum atomic E-state index is 11.9. The molecule has 1 aromatic rings. The van der Waals surface area contributed by atoms with Gasteiger partial charge in [0.25, 0.3) is 0 Å². The lowest BCUT2D eigenvalue weighted by molar-refractivity contribution is -0.142. The molecule has 0 aliphatic heterocycles. The molecule has 1 aromatic heterocycles. The summed E-state index contributed by atoms with van der Waals surface area (Å²) in [6, 6.07) is -1.71. The molecule has 0 aliphatic carbocycles. The van der Waals surface area contributed by atoms with Crippen molar-refractivity contribution in [1.82, 2.24) is 15.3 Å². The number of hydrogen-bond acceptors (Lipinski definition) is 4. The SMILES string of the molecule is CCC(C)C(N)C(=O)NC(Cc1cnc[nH]1)C(=O)O. The van der Waals surface area contributed by atoms with E-state index in [0.29, 0.717) is 5.69 Å². The van der Waals surface area contributed by atoms with Crippen LogP contribution in [0, 0.1) is 5.92 Å². The van der Waals surface area contributed by atoms with Crippen molar-refractivity contribution >= 4 is 11.9 Å². The summed E-state index contributed by atoms with van der Waals surface area (Å²) in [5.74, 6) is -1.54. The third-order valence-corrected chi connectivity index (χ3v) is 3.15. The number of hydrogen-bond donors (Lipinski definition) is 4. The van der Waals surface area contributed by atoms with Crippen LogP contribution in [0.25, 0.3) is 0 Å². The molecule has 1 rings (SSSR count). The molecule has 1 heterocycles. The first-order chi connectivity index (χ1) is 8.95. The Kier molecular flexibility index (Phi) is 5.50. The van der Waals surface area contributed by atoms with Gasteiger partial charge in [0.15, 0.2) is 0 Å². The Hall–Kier alpha value is -1.89. The Morgan fingerprint density at radius 1 is 1.58 bits per heavy atom. The number of H-pyrrole nitrogens is 1. The van der Waals surface area contributed by atoms with Gasteiger partial charge in [-0.25, -0.2) is 9.78 Å². The monoisotopic (exact) mass is 268 g/mol. The highest BCUT2D eigenvalue weighted by atomic mass is 16.4. The van der Waals surface area contributed by atoms with Crippen LogP contribution in [0.5, 0.6) is 0 Å². The topological polar surface area (TPSA) is 121 Å². The molecular weight excluding hydrogens is 248 g/mol. The van der Waals surface area contributed by atoms with E-state index >= 15 is 0 Å². The zero-order chi connectivity index (χ0) is 14.4. The molecule has 0 radical (unpaired) electrons. The van der Waals surface area contributed by atoms with E-state index in [1.54, 1.807) is 0 Å². The summed E-state index contributed by atoms with van der Waals surface area (Å²) in [7, 11) is 0. The van der Waals surface area contributed by atoms with E-state index in [-0.39, 0.29) is 12.3 Å². The van der Waals surface area contributed by atoms with Gasteiger partial charge >= 0.3 is 5.97 Å². The van der Waals surface area contributed by atoms with Crippen molar-refractivity contribution in [3.63, 3.8) is 0 Å². The number of aromatic amines is 1. The lowest BCUT2D eigenvalue weighted by Crippen LogP contribution is -2.51. The van der Waals surface area contributed by atoms with Crippen LogP contribution in [0.1, 0.15) is 26.0 Å². The average molecular weight is 268 g/mol. The molecule has 7 nitrogen and oxygen atoms in total. The number of amides is 1. The molecule has 0 spiro atoms. The van der Waals surface area contributed by atoms with Crippen LogP contribution in [0.15, 0.2) is 12.5 Å². The standard InChI is InChI=1S/C12H20N4O3/c1-3-7(2)10(13)11(17)16-9(12(18)19)4-8-5-14-6-15-8/h5-7,9-10H,3-4,13H2,1-2H3,(H,14,15)(H,16,17)(H,18,19). The van der Waals surface area contributed by atoms with Gasteiger partial charge in [0.1, 0.15) is 6.04 Å². The number of aromatic nitrogens is 2. The molecule has 0 fully saturated rings.